The monoisotopic (exact) mass is 765 g/mol. The standard InChI is InChI=1S/C44H47N9O4/c1-50-24-26-51(27-25-50)44(56)53-23-7-11-38(53)41-46-29-36(48-41)33-20-16-31(17-21-33)13-12-30-14-18-32(19-15-30)35-28-45-40(47-35)37-10-6-22-52(37)42(54)39(49-43(55)57-2)34-8-4-3-5-9-34/h3-5,8-9,14-21,28-29,37-39H,6-7,10-11,22-27H2,1-2H3,(H,45,47)(H,46,48)(H,49,55)/t37?,38-,39+/m0/s1. The normalized spacial score (nSPS) is 18.9. The van der Waals surface area contributed by atoms with Crippen LogP contribution in [0.3, 0.4) is 0 Å². The molecule has 13 heteroatoms. The van der Waals surface area contributed by atoms with Crippen molar-refractivity contribution in [1.82, 2.24) is 44.9 Å². The topological polar surface area (TPSA) is 143 Å². The third-order valence-corrected chi connectivity index (χ3v) is 11.2. The number of carbonyl (C=O) groups excluding carboxylic acids is 3. The molecule has 292 valence electrons. The second-order valence-corrected chi connectivity index (χ2v) is 14.9. The van der Waals surface area contributed by atoms with Gasteiger partial charge in [0.05, 0.1) is 43.0 Å². The van der Waals surface area contributed by atoms with E-state index in [1.54, 1.807) is 11.1 Å². The fraction of sp³-hybridized carbons (Fsp3) is 0.341. The van der Waals surface area contributed by atoms with E-state index in [1.165, 1.54) is 7.11 Å². The lowest BCUT2D eigenvalue weighted by molar-refractivity contribution is -0.134. The molecule has 0 bridgehead atoms. The predicted molar refractivity (Wildman–Crippen MR) is 216 cm³/mol. The molecule has 8 rings (SSSR count). The smallest absolute Gasteiger partial charge is 0.407 e. The number of likely N-dealkylation sites (tertiary alicyclic amines) is 2. The molecule has 3 saturated heterocycles. The first-order valence-corrected chi connectivity index (χ1v) is 19.6. The average molecular weight is 766 g/mol. The van der Waals surface area contributed by atoms with Crippen LogP contribution in [0.4, 0.5) is 9.59 Å². The maximum Gasteiger partial charge on any atom is 0.407 e. The van der Waals surface area contributed by atoms with Gasteiger partial charge in [-0.2, -0.15) is 0 Å². The zero-order chi connectivity index (χ0) is 39.3. The van der Waals surface area contributed by atoms with Crippen LogP contribution in [0.1, 0.15) is 72.1 Å². The molecule has 13 nitrogen and oxygen atoms in total. The van der Waals surface area contributed by atoms with Crippen LogP contribution >= 0.6 is 0 Å². The number of likely N-dealkylation sites (N-methyl/N-ethyl adjacent to an activating group) is 1. The minimum absolute atomic E-state index is 0.0393. The van der Waals surface area contributed by atoms with Crippen molar-refractivity contribution in [2.45, 2.75) is 43.8 Å². The molecule has 0 spiro atoms. The summed E-state index contributed by atoms with van der Waals surface area (Å²) >= 11 is 0. The molecule has 3 aliphatic rings. The van der Waals surface area contributed by atoms with E-state index in [1.807, 2.05) is 94.9 Å². The number of H-pyrrole nitrogens is 2. The van der Waals surface area contributed by atoms with E-state index in [4.69, 9.17) is 9.72 Å². The number of rotatable bonds is 7. The highest BCUT2D eigenvalue weighted by Gasteiger charge is 2.38. The number of benzene rings is 3. The molecule has 2 aromatic heterocycles. The molecule has 4 amide bonds. The van der Waals surface area contributed by atoms with Gasteiger partial charge < -0.3 is 39.6 Å². The lowest BCUT2D eigenvalue weighted by Gasteiger charge is -2.36. The van der Waals surface area contributed by atoms with Crippen LogP contribution in [0.2, 0.25) is 0 Å². The highest BCUT2D eigenvalue weighted by atomic mass is 16.5. The summed E-state index contributed by atoms with van der Waals surface area (Å²) < 4.78 is 4.82. The fourth-order valence-electron chi connectivity index (χ4n) is 7.97. The third-order valence-electron chi connectivity index (χ3n) is 11.2. The maximum atomic E-state index is 13.8. The second-order valence-electron chi connectivity index (χ2n) is 14.9. The summed E-state index contributed by atoms with van der Waals surface area (Å²) in [6.45, 7) is 4.64. The van der Waals surface area contributed by atoms with Crippen molar-refractivity contribution in [2.24, 2.45) is 0 Å². The molecule has 0 radical (unpaired) electrons. The number of nitrogens with zero attached hydrogens (tertiary/aromatic N) is 6. The Morgan fingerprint density at radius 2 is 1.25 bits per heavy atom. The van der Waals surface area contributed by atoms with E-state index >= 15 is 0 Å². The third kappa shape index (κ3) is 8.27. The van der Waals surface area contributed by atoms with Crippen molar-refractivity contribution in [3.8, 4) is 34.4 Å². The van der Waals surface area contributed by atoms with Gasteiger partial charge in [-0.1, -0.05) is 66.4 Å². The van der Waals surface area contributed by atoms with E-state index in [-0.39, 0.29) is 24.0 Å². The van der Waals surface area contributed by atoms with Crippen LogP contribution in [-0.4, -0.2) is 111 Å². The molecule has 0 saturated carbocycles. The summed E-state index contributed by atoms with van der Waals surface area (Å²) in [4.78, 5) is 63.7. The van der Waals surface area contributed by atoms with E-state index in [2.05, 4.69) is 44.1 Å². The van der Waals surface area contributed by atoms with Gasteiger partial charge in [0.15, 0.2) is 0 Å². The zero-order valence-electron chi connectivity index (χ0n) is 32.3. The van der Waals surface area contributed by atoms with Crippen LogP contribution < -0.4 is 5.32 Å². The number of hydrogen-bond acceptors (Lipinski definition) is 7. The summed E-state index contributed by atoms with van der Waals surface area (Å²) in [5, 5.41) is 2.71. The Kier molecular flexibility index (Phi) is 11.0. The molecule has 3 atom stereocenters. The maximum absolute atomic E-state index is 13.8. The van der Waals surface area contributed by atoms with Gasteiger partial charge >= 0.3 is 12.1 Å². The minimum Gasteiger partial charge on any atom is -0.453 e. The Labute approximate surface area is 332 Å². The molecular weight excluding hydrogens is 719 g/mol. The van der Waals surface area contributed by atoms with Gasteiger partial charge in [-0.25, -0.2) is 19.6 Å². The number of urea groups is 1. The quantitative estimate of drug-likeness (QED) is 0.169. The van der Waals surface area contributed by atoms with Gasteiger partial charge in [0.25, 0.3) is 5.91 Å². The van der Waals surface area contributed by atoms with E-state index in [0.29, 0.717) is 17.9 Å². The van der Waals surface area contributed by atoms with E-state index in [9.17, 15) is 14.4 Å². The van der Waals surface area contributed by atoms with Crippen LogP contribution in [0.15, 0.2) is 91.3 Å². The van der Waals surface area contributed by atoms with E-state index in [0.717, 1.165) is 97.9 Å². The molecule has 3 N–H and O–H groups in total. The average Bonchev–Trinajstić information content (AvgIpc) is 4.10. The summed E-state index contributed by atoms with van der Waals surface area (Å²) in [5.74, 6) is 7.88. The highest BCUT2D eigenvalue weighted by molar-refractivity contribution is 5.87. The molecule has 3 fully saturated rings. The number of aromatic nitrogens is 4. The molecule has 0 aliphatic carbocycles. The van der Waals surface area contributed by atoms with Gasteiger partial charge in [0.1, 0.15) is 17.7 Å². The first kappa shape index (κ1) is 37.5. The Morgan fingerprint density at radius 3 is 1.79 bits per heavy atom. The van der Waals surface area contributed by atoms with Crippen LogP contribution in [0.5, 0.6) is 0 Å². The predicted octanol–water partition coefficient (Wildman–Crippen LogP) is 6.13. The fourth-order valence-corrected chi connectivity index (χ4v) is 7.97. The van der Waals surface area contributed by atoms with Crippen LogP contribution in [0, 0.1) is 11.8 Å². The number of ether oxygens (including phenoxy) is 1. The Balaban J connectivity index is 0.892. The summed E-state index contributed by atoms with van der Waals surface area (Å²) in [5.41, 5.74) is 6.19. The van der Waals surface area contributed by atoms with Gasteiger partial charge in [0.2, 0.25) is 0 Å². The number of imidazole rings is 2. The van der Waals surface area contributed by atoms with Gasteiger partial charge in [-0.3, -0.25) is 4.79 Å². The lowest BCUT2D eigenvalue weighted by atomic mass is 10.1. The molecule has 3 aromatic carbocycles. The van der Waals surface area contributed by atoms with Gasteiger partial charge in [-0.15, -0.1) is 0 Å². The molecule has 1 unspecified atom stereocenters. The van der Waals surface area contributed by atoms with Crippen molar-refractivity contribution in [2.75, 3.05) is 53.4 Å². The van der Waals surface area contributed by atoms with Crippen LogP contribution in [-0.2, 0) is 9.53 Å². The van der Waals surface area contributed by atoms with Gasteiger partial charge in [-0.05, 0) is 73.7 Å². The molecule has 5 heterocycles. The number of alkyl carbamates (subject to hydrolysis) is 1. The largest absolute Gasteiger partial charge is 0.453 e. The SMILES string of the molecule is COC(=O)N[C@@H](C(=O)N1CCCC1c1ncc(-c2ccc(C#Cc3ccc(-c4cnc([C@@H]5CCCN5C(=O)N5CCN(C)CC5)[nH]4)cc3)cc2)[nH]1)c1ccccc1. The number of piperazine rings is 1. The van der Waals surface area contributed by atoms with Crippen LogP contribution in [0.25, 0.3) is 22.5 Å². The van der Waals surface area contributed by atoms with Crippen molar-refractivity contribution in [3.05, 3.63) is 120 Å². The first-order chi connectivity index (χ1) is 27.8. The number of hydrogen-bond donors (Lipinski definition) is 3. The van der Waals surface area contributed by atoms with Gasteiger partial charge in [0, 0.05) is 50.4 Å². The lowest BCUT2D eigenvalue weighted by Crippen LogP contribution is -2.51. The van der Waals surface area contributed by atoms with Crippen molar-refractivity contribution in [3.63, 3.8) is 0 Å². The molecule has 57 heavy (non-hydrogen) atoms. The minimum atomic E-state index is -0.871. The summed E-state index contributed by atoms with van der Waals surface area (Å²) in [6.07, 6.45) is 6.44. The number of amides is 4. The molecule has 5 aromatic rings. The van der Waals surface area contributed by atoms with E-state index < -0.39 is 12.1 Å². The van der Waals surface area contributed by atoms with Crippen molar-refractivity contribution in [1.29, 1.82) is 0 Å². The summed E-state index contributed by atoms with van der Waals surface area (Å²) in [7, 11) is 3.38. The number of methoxy groups -OCH3 is 1. The Morgan fingerprint density at radius 1 is 0.719 bits per heavy atom. The molecular formula is C44H47N9O4. The molecule has 3 aliphatic heterocycles. The first-order valence-electron chi connectivity index (χ1n) is 19.6. The zero-order valence-corrected chi connectivity index (χ0v) is 32.3. The Bertz CT molecular complexity index is 2250. The number of carbonyl (C=O) groups is 3. The number of aromatic amines is 2. The van der Waals surface area contributed by atoms with Crippen molar-refractivity contribution >= 4 is 18.0 Å². The second kappa shape index (κ2) is 16.8. The highest BCUT2D eigenvalue weighted by Crippen LogP contribution is 2.35. The number of nitrogens with one attached hydrogen (secondary N) is 3. The summed E-state index contributed by atoms with van der Waals surface area (Å²) in [6, 6.07) is 24.2. The Hall–Kier alpha value is -6.39. The van der Waals surface area contributed by atoms with Crippen molar-refractivity contribution < 1.29 is 19.1 Å².